The molecule has 0 aliphatic rings. The number of anilines is 1. The zero-order chi connectivity index (χ0) is 14.6. The molecule has 2 nitrogen and oxygen atoms in total. The maximum atomic E-state index is 10.9. The van der Waals surface area contributed by atoms with Crippen molar-refractivity contribution in [3.05, 3.63) is 29.8 Å². The Bertz CT molecular complexity index is 379. The smallest absolute Gasteiger partial charge is 0.252 e. The molecule has 0 radical (unpaired) electrons. The molecule has 1 rings (SSSR count). The first kappa shape index (κ1) is 20.3. The van der Waals surface area contributed by atoms with E-state index < -0.39 is 5.24 Å². The van der Waals surface area contributed by atoms with E-state index in [1.165, 1.54) is 51.4 Å². The summed E-state index contributed by atoms with van der Waals surface area (Å²) in [5, 5.41) is 2.96. The van der Waals surface area contributed by atoms with Crippen LogP contribution in [0.3, 0.4) is 0 Å². The van der Waals surface area contributed by atoms with E-state index in [1.54, 1.807) is 12.1 Å². The minimum absolute atomic E-state index is 0. The van der Waals surface area contributed by atoms with Gasteiger partial charge in [0.05, 0.1) is 0 Å². The first-order valence-electron chi connectivity index (χ1n) is 7.78. The van der Waals surface area contributed by atoms with Crippen LogP contribution in [0, 0.1) is 0 Å². The van der Waals surface area contributed by atoms with Gasteiger partial charge in [0.1, 0.15) is 0 Å². The quantitative estimate of drug-likeness (QED) is 0.395. The zero-order valence-corrected chi connectivity index (χ0v) is 14.4. The Kier molecular flexibility index (Phi) is 12.5. The molecular weight excluding hydrogens is 305 g/mol. The summed E-state index contributed by atoms with van der Waals surface area (Å²) in [5.74, 6) is 0. The number of rotatable bonds is 11. The lowest BCUT2D eigenvalue weighted by atomic mass is 10.1. The fourth-order valence-corrected chi connectivity index (χ4v) is 2.34. The number of unbranched alkanes of at least 4 members (excludes halogenated alkanes) is 7. The Hall–Kier alpha value is -0.730. The van der Waals surface area contributed by atoms with Gasteiger partial charge in [-0.1, -0.05) is 51.9 Å². The highest BCUT2D eigenvalue weighted by atomic mass is 35.5. The topological polar surface area (TPSA) is 29.1 Å². The molecule has 0 fully saturated rings. The number of benzene rings is 1. The number of hydrogen-bond donors (Lipinski definition) is 1. The summed E-state index contributed by atoms with van der Waals surface area (Å²) >= 11 is 5.40. The summed E-state index contributed by atoms with van der Waals surface area (Å²) in [6, 6.07) is 7.32. The van der Waals surface area contributed by atoms with Crippen molar-refractivity contribution in [3.8, 4) is 0 Å². The Balaban J connectivity index is 0.00000400. The van der Waals surface area contributed by atoms with Crippen molar-refractivity contribution in [2.24, 2.45) is 0 Å². The molecule has 0 bridgehead atoms. The average Bonchev–Trinajstić information content (AvgIpc) is 2.46. The molecule has 0 atom stereocenters. The fourth-order valence-electron chi connectivity index (χ4n) is 2.21. The van der Waals surface area contributed by atoms with E-state index in [2.05, 4.69) is 12.2 Å². The lowest BCUT2D eigenvalue weighted by molar-refractivity contribution is 0.108. The van der Waals surface area contributed by atoms with Gasteiger partial charge in [-0.25, -0.2) is 0 Å². The molecule has 0 saturated carbocycles. The van der Waals surface area contributed by atoms with E-state index in [-0.39, 0.29) is 12.4 Å². The fraction of sp³-hybridized carbons (Fsp3) is 0.588. The number of carbonyl (C=O) groups is 1. The number of halogens is 2. The maximum absolute atomic E-state index is 10.9. The van der Waals surface area contributed by atoms with E-state index in [9.17, 15) is 4.79 Å². The predicted molar refractivity (Wildman–Crippen MR) is 95.0 cm³/mol. The van der Waals surface area contributed by atoms with Crippen molar-refractivity contribution >= 4 is 34.9 Å². The zero-order valence-electron chi connectivity index (χ0n) is 12.9. The molecule has 21 heavy (non-hydrogen) atoms. The van der Waals surface area contributed by atoms with Gasteiger partial charge in [0, 0.05) is 17.8 Å². The number of nitrogens with one attached hydrogen (secondary N) is 1. The van der Waals surface area contributed by atoms with E-state index in [0.29, 0.717) is 5.56 Å². The summed E-state index contributed by atoms with van der Waals surface area (Å²) in [4.78, 5) is 10.9. The molecule has 0 spiro atoms. The highest BCUT2D eigenvalue weighted by Crippen LogP contribution is 2.12. The molecule has 1 N–H and O–H groups in total. The van der Waals surface area contributed by atoms with Gasteiger partial charge in [-0.15, -0.1) is 12.4 Å². The summed E-state index contributed by atoms with van der Waals surface area (Å²) in [6.07, 6.45) is 10.7. The standard InChI is InChI=1S/C17H26ClNO.ClH/c1-2-3-4-5-6-7-8-9-14-19-16-12-10-15(11-13-16)17(18)20;/h10-13,19H,2-9,14H2,1H3;1H. The number of hydrogen-bond acceptors (Lipinski definition) is 2. The lowest BCUT2D eigenvalue weighted by Gasteiger charge is -2.06. The minimum Gasteiger partial charge on any atom is -0.385 e. The van der Waals surface area contributed by atoms with Gasteiger partial charge in [-0.2, -0.15) is 0 Å². The average molecular weight is 332 g/mol. The van der Waals surface area contributed by atoms with Gasteiger partial charge < -0.3 is 5.32 Å². The highest BCUT2D eigenvalue weighted by molar-refractivity contribution is 6.67. The second-order valence-electron chi connectivity index (χ2n) is 5.25. The molecule has 0 aliphatic heterocycles. The Morgan fingerprint density at radius 1 is 0.952 bits per heavy atom. The van der Waals surface area contributed by atoms with Crippen LogP contribution < -0.4 is 5.32 Å². The van der Waals surface area contributed by atoms with Gasteiger partial charge in [0.15, 0.2) is 0 Å². The van der Waals surface area contributed by atoms with Gasteiger partial charge in [0.2, 0.25) is 0 Å². The third-order valence-electron chi connectivity index (χ3n) is 3.47. The van der Waals surface area contributed by atoms with Crippen LogP contribution in [-0.2, 0) is 0 Å². The lowest BCUT2D eigenvalue weighted by Crippen LogP contribution is -2.01. The Morgan fingerprint density at radius 3 is 2.00 bits per heavy atom. The van der Waals surface area contributed by atoms with E-state index in [4.69, 9.17) is 11.6 Å². The molecular formula is C17H27Cl2NO. The molecule has 0 aliphatic carbocycles. The molecule has 0 amide bonds. The van der Waals surface area contributed by atoms with Crippen LogP contribution in [0.25, 0.3) is 0 Å². The maximum Gasteiger partial charge on any atom is 0.252 e. The van der Waals surface area contributed by atoms with Crippen LogP contribution in [-0.4, -0.2) is 11.8 Å². The molecule has 0 unspecified atom stereocenters. The first-order valence-corrected chi connectivity index (χ1v) is 8.15. The van der Waals surface area contributed by atoms with Crippen LogP contribution in [0.5, 0.6) is 0 Å². The SMILES string of the molecule is CCCCCCCCCCNc1ccc(C(=O)Cl)cc1.Cl. The van der Waals surface area contributed by atoms with Crippen molar-refractivity contribution in [1.29, 1.82) is 0 Å². The van der Waals surface area contributed by atoms with Crippen LogP contribution in [0.1, 0.15) is 68.6 Å². The van der Waals surface area contributed by atoms with E-state index >= 15 is 0 Å². The van der Waals surface area contributed by atoms with E-state index in [1.807, 2.05) is 12.1 Å². The molecule has 0 saturated heterocycles. The van der Waals surface area contributed by atoms with Crippen LogP contribution in [0.4, 0.5) is 5.69 Å². The monoisotopic (exact) mass is 331 g/mol. The van der Waals surface area contributed by atoms with Crippen molar-refractivity contribution in [3.63, 3.8) is 0 Å². The summed E-state index contributed by atoms with van der Waals surface area (Å²) in [7, 11) is 0. The summed E-state index contributed by atoms with van der Waals surface area (Å²) < 4.78 is 0. The molecule has 1 aromatic carbocycles. The minimum atomic E-state index is -0.403. The predicted octanol–water partition coefficient (Wildman–Crippen LogP) is 6.04. The van der Waals surface area contributed by atoms with Crippen molar-refractivity contribution in [1.82, 2.24) is 0 Å². The summed E-state index contributed by atoms with van der Waals surface area (Å²) in [5.41, 5.74) is 1.60. The Morgan fingerprint density at radius 2 is 1.48 bits per heavy atom. The molecule has 120 valence electrons. The molecule has 0 aromatic heterocycles. The summed E-state index contributed by atoms with van der Waals surface area (Å²) in [6.45, 7) is 3.24. The van der Waals surface area contributed by atoms with Crippen LogP contribution in [0.2, 0.25) is 0 Å². The van der Waals surface area contributed by atoms with Gasteiger partial charge in [0.25, 0.3) is 5.24 Å². The highest BCUT2D eigenvalue weighted by Gasteiger charge is 2.00. The third kappa shape index (κ3) is 9.76. The van der Waals surface area contributed by atoms with Crippen molar-refractivity contribution in [2.45, 2.75) is 58.3 Å². The molecule has 0 heterocycles. The third-order valence-corrected chi connectivity index (χ3v) is 3.69. The van der Waals surface area contributed by atoms with Gasteiger partial charge in [-0.05, 0) is 42.3 Å². The van der Waals surface area contributed by atoms with E-state index in [0.717, 1.165) is 12.2 Å². The second-order valence-corrected chi connectivity index (χ2v) is 5.60. The Labute approximate surface area is 140 Å². The molecule has 1 aromatic rings. The normalized spacial score (nSPS) is 10.0. The van der Waals surface area contributed by atoms with Gasteiger partial charge in [-0.3, -0.25) is 4.79 Å². The van der Waals surface area contributed by atoms with Crippen LogP contribution >= 0.6 is 24.0 Å². The first-order chi connectivity index (χ1) is 9.74. The largest absolute Gasteiger partial charge is 0.385 e. The van der Waals surface area contributed by atoms with Crippen molar-refractivity contribution in [2.75, 3.05) is 11.9 Å². The second kappa shape index (κ2) is 13.0. The molecule has 4 heteroatoms. The van der Waals surface area contributed by atoms with Crippen molar-refractivity contribution < 1.29 is 4.79 Å². The van der Waals surface area contributed by atoms with Gasteiger partial charge >= 0.3 is 0 Å². The van der Waals surface area contributed by atoms with Crippen LogP contribution in [0.15, 0.2) is 24.3 Å². The number of carbonyl (C=O) groups excluding carboxylic acids is 1.